The summed E-state index contributed by atoms with van der Waals surface area (Å²) in [5.41, 5.74) is 5.69. The normalized spacial score (nSPS) is 18.7. The van der Waals surface area contributed by atoms with E-state index in [1.54, 1.807) is 0 Å². The third kappa shape index (κ3) is 2.36. The van der Waals surface area contributed by atoms with Gasteiger partial charge >= 0.3 is 0 Å². The number of nitrogens with one attached hydrogen (secondary N) is 2. The fourth-order valence-corrected chi connectivity index (χ4v) is 2.21. The number of allylic oxidation sites excluding steroid dienone is 1. The van der Waals surface area contributed by atoms with Crippen LogP contribution in [0, 0.1) is 0 Å². The standard InChI is InChI=1S/C15H20N2/c1-5-10(2)13-7-6-8-14-15(13)17-12(4)9-11(3)16-14/h6-8,12,16-17H,2-3,5,9H2,1,4H3. The number of para-hydroxylation sites is 1. The second-order valence-electron chi connectivity index (χ2n) is 4.66. The molecule has 1 aromatic carbocycles. The summed E-state index contributed by atoms with van der Waals surface area (Å²) in [6, 6.07) is 6.66. The van der Waals surface area contributed by atoms with Crippen LogP contribution in [0.3, 0.4) is 0 Å². The first-order valence-corrected chi connectivity index (χ1v) is 6.14. The average Bonchev–Trinajstić information content (AvgIpc) is 2.43. The van der Waals surface area contributed by atoms with Crippen molar-refractivity contribution in [1.29, 1.82) is 0 Å². The Labute approximate surface area is 103 Å². The summed E-state index contributed by atoms with van der Waals surface area (Å²) in [5, 5.41) is 6.93. The highest BCUT2D eigenvalue weighted by Gasteiger charge is 2.17. The minimum absolute atomic E-state index is 0.391. The predicted octanol–water partition coefficient (Wildman–Crippen LogP) is 4.24. The maximum absolute atomic E-state index is 4.14. The fourth-order valence-electron chi connectivity index (χ4n) is 2.21. The fraction of sp³-hybridized carbons (Fsp3) is 0.333. The topological polar surface area (TPSA) is 24.1 Å². The van der Waals surface area contributed by atoms with Gasteiger partial charge in [0.2, 0.25) is 0 Å². The Kier molecular flexibility index (Phi) is 3.23. The van der Waals surface area contributed by atoms with Gasteiger partial charge in [0.25, 0.3) is 0 Å². The zero-order valence-electron chi connectivity index (χ0n) is 10.6. The first kappa shape index (κ1) is 11.8. The summed E-state index contributed by atoms with van der Waals surface area (Å²) in [6.07, 6.45) is 1.90. The number of rotatable bonds is 2. The van der Waals surface area contributed by atoms with Gasteiger partial charge in [0, 0.05) is 23.7 Å². The highest BCUT2D eigenvalue weighted by atomic mass is 15.0. The molecule has 0 amide bonds. The average molecular weight is 228 g/mol. The van der Waals surface area contributed by atoms with Crippen LogP contribution >= 0.6 is 0 Å². The molecule has 1 atom stereocenters. The van der Waals surface area contributed by atoms with Crippen molar-refractivity contribution >= 4 is 16.9 Å². The maximum atomic E-state index is 4.14. The lowest BCUT2D eigenvalue weighted by Gasteiger charge is -2.17. The first-order valence-electron chi connectivity index (χ1n) is 6.14. The summed E-state index contributed by atoms with van der Waals surface area (Å²) in [7, 11) is 0. The molecule has 90 valence electrons. The Balaban J connectivity index is 2.49. The lowest BCUT2D eigenvalue weighted by Crippen LogP contribution is -2.14. The predicted molar refractivity (Wildman–Crippen MR) is 76.2 cm³/mol. The van der Waals surface area contributed by atoms with Crippen molar-refractivity contribution in [3.63, 3.8) is 0 Å². The molecule has 2 N–H and O–H groups in total. The highest BCUT2D eigenvalue weighted by Crippen LogP contribution is 2.35. The van der Waals surface area contributed by atoms with E-state index in [0.717, 1.165) is 35.5 Å². The van der Waals surface area contributed by atoms with E-state index < -0.39 is 0 Å². The molecule has 0 fully saturated rings. The van der Waals surface area contributed by atoms with Gasteiger partial charge < -0.3 is 10.6 Å². The van der Waals surface area contributed by atoms with E-state index in [9.17, 15) is 0 Å². The summed E-state index contributed by atoms with van der Waals surface area (Å²) in [5.74, 6) is 0. The van der Waals surface area contributed by atoms with Gasteiger partial charge in [-0.3, -0.25) is 0 Å². The Bertz CT molecular complexity index is 460. The van der Waals surface area contributed by atoms with Gasteiger partial charge in [0.15, 0.2) is 0 Å². The van der Waals surface area contributed by atoms with Crippen LogP contribution in [0.5, 0.6) is 0 Å². The van der Waals surface area contributed by atoms with Gasteiger partial charge in [-0.1, -0.05) is 32.2 Å². The van der Waals surface area contributed by atoms with Crippen molar-refractivity contribution in [2.75, 3.05) is 10.6 Å². The molecule has 1 unspecified atom stereocenters. The SMILES string of the molecule is C=C1CC(C)Nc2c(cccc2C(=C)CC)N1. The molecule has 1 aliphatic rings. The Morgan fingerprint density at radius 1 is 1.47 bits per heavy atom. The van der Waals surface area contributed by atoms with Gasteiger partial charge in [-0.15, -0.1) is 0 Å². The number of benzene rings is 1. The van der Waals surface area contributed by atoms with Gasteiger partial charge in [0.1, 0.15) is 0 Å². The van der Waals surface area contributed by atoms with Crippen LogP contribution < -0.4 is 10.6 Å². The zero-order valence-corrected chi connectivity index (χ0v) is 10.6. The third-order valence-corrected chi connectivity index (χ3v) is 3.13. The van der Waals surface area contributed by atoms with Crippen molar-refractivity contribution in [2.45, 2.75) is 32.7 Å². The molecule has 0 spiro atoms. The van der Waals surface area contributed by atoms with E-state index in [1.165, 1.54) is 5.56 Å². The molecule has 2 rings (SSSR count). The van der Waals surface area contributed by atoms with Crippen LogP contribution in [-0.4, -0.2) is 6.04 Å². The summed E-state index contributed by atoms with van der Waals surface area (Å²) < 4.78 is 0. The van der Waals surface area contributed by atoms with E-state index >= 15 is 0 Å². The number of hydrogen-bond acceptors (Lipinski definition) is 2. The smallest absolute Gasteiger partial charge is 0.0657 e. The number of fused-ring (bicyclic) bond motifs is 1. The monoisotopic (exact) mass is 228 g/mol. The van der Waals surface area contributed by atoms with Crippen LogP contribution in [0.15, 0.2) is 37.1 Å². The Hall–Kier alpha value is -1.70. The summed E-state index contributed by atoms with van der Waals surface area (Å²) >= 11 is 0. The lowest BCUT2D eigenvalue weighted by molar-refractivity contribution is 0.796. The van der Waals surface area contributed by atoms with E-state index in [4.69, 9.17) is 0 Å². The molecule has 2 nitrogen and oxygen atoms in total. The van der Waals surface area contributed by atoms with Crippen LogP contribution in [0.1, 0.15) is 32.3 Å². The molecule has 0 saturated heterocycles. The van der Waals surface area contributed by atoms with Crippen molar-refractivity contribution in [3.8, 4) is 0 Å². The van der Waals surface area contributed by atoms with Crippen LogP contribution in [-0.2, 0) is 0 Å². The van der Waals surface area contributed by atoms with Crippen LogP contribution in [0.4, 0.5) is 11.4 Å². The Morgan fingerprint density at radius 2 is 2.24 bits per heavy atom. The van der Waals surface area contributed by atoms with E-state index in [0.29, 0.717) is 6.04 Å². The number of anilines is 2. The van der Waals surface area contributed by atoms with E-state index in [-0.39, 0.29) is 0 Å². The first-order chi connectivity index (χ1) is 8.11. The molecule has 0 radical (unpaired) electrons. The van der Waals surface area contributed by atoms with Crippen molar-refractivity contribution < 1.29 is 0 Å². The lowest BCUT2D eigenvalue weighted by atomic mass is 10.0. The maximum Gasteiger partial charge on any atom is 0.0657 e. The second-order valence-corrected chi connectivity index (χ2v) is 4.66. The van der Waals surface area contributed by atoms with Gasteiger partial charge in [-0.05, 0) is 25.0 Å². The molecular weight excluding hydrogens is 208 g/mol. The van der Waals surface area contributed by atoms with Gasteiger partial charge in [0.05, 0.1) is 11.4 Å². The molecule has 0 bridgehead atoms. The van der Waals surface area contributed by atoms with Crippen molar-refractivity contribution in [1.82, 2.24) is 0 Å². The molecule has 1 aliphatic heterocycles. The van der Waals surface area contributed by atoms with Crippen LogP contribution in [0.25, 0.3) is 5.57 Å². The van der Waals surface area contributed by atoms with Crippen molar-refractivity contribution in [3.05, 3.63) is 42.6 Å². The van der Waals surface area contributed by atoms with E-state index in [2.05, 4.69) is 55.8 Å². The summed E-state index contributed by atoms with van der Waals surface area (Å²) in [6.45, 7) is 12.5. The molecule has 0 aromatic heterocycles. The second kappa shape index (κ2) is 4.66. The zero-order chi connectivity index (χ0) is 12.4. The molecule has 0 saturated carbocycles. The third-order valence-electron chi connectivity index (χ3n) is 3.13. The van der Waals surface area contributed by atoms with Gasteiger partial charge in [-0.25, -0.2) is 0 Å². The van der Waals surface area contributed by atoms with E-state index in [1.807, 2.05) is 0 Å². The van der Waals surface area contributed by atoms with Crippen molar-refractivity contribution in [2.24, 2.45) is 0 Å². The molecule has 2 heteroatoms. The molecule has 1 heterocycles. The number of hydrogen-bond donors (Lipinski definition) is 2. The quantitative estimate of drug-likeness (QED) is 0.791. The molecule has 0 aliphatic carbocycles. The van der Waals surface area contributed by atoms with Gasteiger partial charge in [-0.2, -0.15) is 0 Å². The summed E-state index contributed by atoms with van der Waals surface area (Å²) in [4.78, 5) is 0. The minimum atomic E-state index is 0.391. The van der Waals surface area contributed by atoms with Crippen LogP contribution in [0.2, 0.25) is 0 Å². The largest absolute Gasteiger partial charge is 0.380 e. The molecular formula is C15H20N2. The molecule has 1 aromatic rings. The Morgan fingerprint density at radius 3 is 2.94 bits per heavy atom. The highest BCUT2D eigenvalue weighted by molar-refractivity contribution is 5.85. The minimum Gasteiger partial charge on any atom is -0.380 e. The molecule has 17 heavy (non-hydrogen) atoms.